The molecule has 0 spiro atoms. The van der Waals surface area contributed by atoms with Crippen LogP contribution in [0.3, 0.4) is 0 Å². The van der Waals surface area contributed by atoms with Crippen LogP contribution in [-0.2, 0) is 0 Å². The number of benzene rings is 3. The summed E-state index contributed by atoms with van der Waals surface area (Å²) in [6, 6.07) is 5.20. The van der Waals surface area contributed by atoms with Gasteiger partial charge in [0.15, 0.2) is 34.9 Å². The van der Waals surface area contributed by atoms with Gasteiger partial charge >= 0.3 is 0 Å². The predicted molar refractivity (Wildman–Crippen MR) is 77.0 cm³/mol. The lowest BCUT2D eigenvalue weighted by atomic mass is 9.93. The molecule has 0 fully saturated rings. The fourth-order valence-electron chi connectivity index (χ4n) is 2.53. The molecule has 0 radical (unpaired) electrons. The van der Waals surface area contributed by atoms with Gasteiger partial charge in [-0.05, 0) is 17.2 Å². The van der Waals surface area contributed by atoms with Gasteiger partial charge in [-0.3, -0.25) is 0 Å². The summed E-state index contributed by atoms with van der Waals surface area (Å²) in [4.78, 5) is 0. The summed E-state index contributed by atoms with van der Waals surface area (Å²) >= 11 is 0. The van der Waals surface area contributed by atoms with Gasteiger partial charge < -0.3 is 0 Å². The van der Waals surface area contributed by atoms with Crippen LogP contribution in [0.25, 0.3) is 22.3 Å². The highest BCUT2D eigenvalue weighted by atomic mass is 19.2. The van der Waals surface area contributed by atoms with Gasteiger partial charge in [0.2, 0.25) is 5.82 Å². The Balaban J connectivity index is 2.39. The van der Waals surface area contributed by atoms with Crippen LogP contribution in [0.5, 0.6) is 0 Å². The Morgan fingerprint density at radius 3 is 1.54 bits per heavy atom. The minimum absolute atomic E-state index is 0.250. The van der Waals surface area contributed by atoms with Gasteiger partial charge in [-0.1, -0.05) is 24.3 Å². The first-order valence-corrected chi connectivity index (χ1v) is 6.99. The van der Waals surface area contributed by atoms with E-state index in [1.165, 1.54) is 12.1 Å². The van der Waals surface area contributed by atoms with Crippen LogP contribution in [0.2, 0.25) is 0 Å². The number of halogens is 8. The fourth-order valence-corrected chi connectivity index (χ4v) is 2.53. The molecule has 0 unspecified atom stereocenters. The Labute approximate surface area is 141 Å². The zero-order valence-electron chi connectivity index (χ0n) is 12.5. The van der Waals surface area contributed by atoms with Crippen molar-refractivity contribution in [1.29, 1.82) is 0 Å². The fraction of sp³-hybridized carbons (Fsp3) is 0. The summed E-state index contributed by atoms with van der Waals surface area (Å²) in [5.41, 5.74) is -3.14. The molecular weight excluding hydrogens is 368 g/mol. The van der Waals surface area contributed by atoms with Crippen LogP contribution in [0, 0.1) is 46.5 Å². The molecule has 0 N–H and O–H groups in total. The van der Waals surface area contributed by atoms with Crippen LogP contribution in [0.4, 0.5) is 35.1 Å². The van der Waals surface area contributed by atoms with E-state index >= 15 is 0 Å². The van der Waals surface area contributed by atoms with Crippen molar-refractivity contribution < 1.29 is 35.1 Å². The van der Waals surface area contributed by atoms with Crippen molar-refractivity contribution in [2.75, 3.05) is 0 Å². The molecule has 0 saturated heterocycles. The summed E-state index contributed by atoms with van der Waals surface area (Å²) in [5, 5.41) is 0. The van der Waals surface area contributed by atoms with Crippen molar-refractivity contribution in [2.45, 2.75) is 0 Å². The standard InChI is InChI=1S/C18H6F8/c19-7-5-10(13(21)11(20)6-7)8-3-1-2-4-9(8)12-14(22)16(24)18(26)17(25)15(12)23/h1-6H. The molecule has 26 heavy (non-hydrogen) atoms. The third kappa shape index (κ3) is 2.71. The number of hydrogen-bond donors (Lipinski definition) is 0. The van der Waals surface area contributed by atoms with Crippen LogP contribution >= 0.6 is 0 Å². The van der Waals surface area contributed by atoms with Crippen LogP contribution in [0.1, 0.15) is 0 Å². The summed E-state index contributed by atoms with van der Waals surface area (Å²) in [6.07, 6.45) is 0. The van der Waals surface area contributed by atoms with Crippen LogP contribution in [0.15, 0.2) is 36.4 Å². The molecule has 0 bridgehead atoms. The first-order valence-electron chi connectivity index (χ1n) is 6.99. The highest BCUT2D eigenvalue weighted by molar-refractivity contribution is 5.84. The quantitative estimate of drug-likeness (QED) is 0.287. The SMILES string of the molecule is Fc1cc(F)c(F)c(-c2ccccc2-c2c(F)c(F)c(F)c(F)c2F)c1. The molecule has 0 aromatic heterocycles. The van der Waals surface area contributed by atoms with E-state index in [-0.39, 0.29) is 6.07 Å². The predicted octanol–water partition coefficient (Wildman–Crippen LogP) is 6.13. The lowest BCUT2D eigenvalue weighted by molar-refractivity contribution is 0.381. The first kappa shape index (κ1) is 17.9. The van der Waals surface area contributed by atoms with Crippen molar-refractivity contribution in [1.82, 2.24) is 0 Å². The van der Waals surface area contributed by atoms with Gasteiger partial charge in [0.05, 0.1) is 5.56 Å². The van der Waals surface area contributed by atoms with E-state index in [4.69, 9.17) is 0 Å². The minimum Gasteiger partial charge on any atom is -0.207 e. The van der Waals surface area contributed by atoms with E-state index in [0.717, 1.165) is 12.1 Å². The molecular formula is C18H6F8. The molecule has 3 aromatic rings. The van der Waals surface area contributed by atoms with Gasteiger partial charge in [0, 0.05) is 11.6 Å². The van der Waals surface area contributed by atoms with Crippen LogP contribution in [-0.4, -0.2) is 0 Å². The number of rotatable bonds is 2. The lowest BCUT2D eigenvalue weighted by Gasteiger charge is -2.14. The Hall–Kier alpha value is -2.90. The van der Waals surface area contributed by atoms with E-state index in [1.807, 2.05) is 0 Å². The Morgan fingerprint density at radius 2 is 0.962 bits per heavy atom. The summed E-state index contributed by atoms with van der Waals surface area (Å²) in [6.45, 7) is 0. The van der Waals surface area contributed by atoms with Gasteiger partial charge in [-0.2, -0.15) is 0 Å². The van der Waals surface area contributed by atoms with Crippen molar-refractivity contribution in [3.63, 3.8) is 0 Å². The maximum atomic E-state index is 14.1. The second-order valence-electron chi connectivity index (χ2n) is 5.24. The second-order valence-corrected chi connectivity index (χ2v) is 5.24. The Kier molecular flexibility index (Phi) is 4.43. The van der Waals surface area contributed by atoms with E-state index in [9.17, 15) is 35.1 Å². The van der Waals surface area contributed by atoms with Crippen LogP contribution < -0.4 is 0 Å². The highest BCUT2D eigenvalue weighted by Gasteiger charge is 2.28. The smallest absolute Gasteiger partial charge is 0.200 e. The average Bonchev–Trinajstić information content (AvgIpc) is 2.62. The third-order valence-corrected chi connectivity index (χ3v) is 3.69. The normalized spacial score (nSPS) is 11.1. The lowest BCUT2D eigenvalue weighted by Crippen LogP contribution is -2.05. The molecule has 134 valence electrons. The number of hydrogen-bond acceptors (Lipinski definition) is 0. The molecule has 0 aliphatic carbocycles. The van der Waals surface area contributed by atoms with Crippen molar-refractivity contribution in [3.8, 4) is 22.3 Å². The van der Waals surface area contributed by atoms with Gasteiger partial charge in [-0.15, -0.1) is 0 Å². The van der Waals surface area contributed by atoms with Gasteiger partial charge in [0.25, 0.3) is 0 Å². The molecule has 0 aliphatic rings. The summed E-state index contributed by atoms with van der Waals surface area (Å²) in [5.74, 6) is -15.3. The molecule has 3 rings (SSSR count). The molecule has 0 amide bonds. The van der Waals surface area contributed by atoms with E-state index in [0.29, 0.717) is 6.07 Å². The Morgan fingerprint density at radius 1 is 0.462 bits per heavy atom. The average molecular weight is 374 g/mol. The molecule has 3 aromatic carbocycles. The van der Waals surface area contributed by atoms with E-state index < -0.39 is 68.8 Å². The molecule has 8 heteroatoms. The zero-order chi connectivity index (χ0) is 19.2. The summed E-state index contributed by atoms with van der Waals surface area (Å²) < 4.78 is 109. The first-order chi connectivity index (χ1) is 12.2. The van der Waals surface area contributed by atoms with E-state index in [1.54, 1.807) is 0 Å². The molecule has 0 heterocycles. The minimum atomic E-state index is -2.36. The largest absolute Gasteiger partial charge is 0.207 e. The monoisotopic (exact) mass is 374 g/mol. The van der Waals surface area contributed by atoms with Gasteiger partial charge in [-0.25, -0.2) is 35.1 Å². The zero-order valence-corrected chi connectivity index (χ0v) is 12.5. The maximum Gasteiger partial charge on any atom is 0.200 e. The van der Waals surface area contributed by atoms with Crippen molar-refractivity contribution >= 4 is 0 Å². The highest BCUT2D eigenvalue weighted by Crippen LogP contribution is 2.39. The topological polar surface area (TPSA) is 0 Å². The molecule has 0 atom stereocenters. The Bertz CT molecular complexity index is 997. The molecule has 0 aliphatic heterocycles. The maximum absolute atomic E-state index is 14.1. The summed E-state index contributed by atoms with van der Waals surface area (Å²) in [7, 11) is 0. The van der Waals surface area contributed by atoms with Crippen molar-refractivity contribution in [3.05, 3.63) is 82.9 Å². The molecule has 0 saturated carbocycles. The molecule has 0 nitrogen and oxygen atoms in total. The second kappa shape index (κ2) is 6.44. The van der Waals surface area contributed by atoms with E-state index in [2.05, 4.69) is 0 Å². The third-order valence-electron chi connectivity index (χ3n) is 3.69. The van der Waals surface area contributed by atoms with Gasteiger partial charge in [0.1, 0.15) is 5.82 Å². The van der Waals surface area contributed by atoms with Crippen molar-refractivity contribution in [2.24, 2.45) is 0 Å².